The highest BCUT2D eigenvalue weighted by Crippen LogP contribution is 2.25. The van der Waals surface area contributed by atoms with Gasteiger partial charge in [-0.15, -0.1) is 0 Å². The standard InChI is InChI=1S/C23H20FNO2/c1-2-3-4-5-16-6-8-17(9-7-16)23(26)27-20-12-13-21-18(14-20)10-11-19(15-25)22(21)24/h6-14H,2-5H2,1H3. The van der Waals surface area contributed by atoms with Crippen LogP contribution in [0.1, 0.15) is 47.7 Å². The number of fused-ring (bicyclic) bond motifs is 1. The Labute approximate surface area is 158 Å². The predicted molar refractivity (Wildman–Crippen MR) is 103 cm³/mol. The number of benzene rings is 3. The van der Waals surface area contributed by atoms with Gasteiger partial charge in [0.15, 0.2) is 0 Å². The van der Waals surface area contributed by atoms with Crippen LogP contribution in [0.2, 0.25) is 0 Å². The van der Waals surface area contributed by atoms with Gasteiger partial charge in [0.25, 0.3) is 0 Å². The Morgan fingerprint density at radius 1 is 1.07 bits per heavy atom. The summed E-state index contributed by atoms with van der Waals surface area (Å²) in [4.78, 5) is 12.3. The van der Waals surface area contributed by atoms with E-state index in [9.17, 15) is 9.18 Å². The minimum Gasteiger partial charge on any atom is -0.423 e. The zero-order valence-electron chi connectivity index (χ0n) is 15.2. The van der Waals surface area contributed by atoms with Crippen molar-refractivity contribution in [1.82, 2.24) is 0 Å². The first kappa shape index (κ1) is 18.6. The molecule has 3 nitrogen and oxygen atoms in total. The third-order valence-corrected chi connectivity index (χ3v) is 4.52. The van der Waals surface area contributed by atoms with Crippen molar-refractivity contribution in [2.24, 2.45) is 0 Å². The summed E-state index contributed by atoms with van der Waals surface area (Å²) in [6.07, 6.45) is 4.52. The van der Waals surface area contributed by atoms with Crippen LogP contribution in [0.25, 0.3) is 10.8 Å². The molecule has 0 saturated carbocycles. The number of carbonyl (C=O) groups is 1. The lowest BCUT2D eigenvalue weighted by atomic mass is 10.1. The summed E-state index contributed by atoms with van der Waals surface area (Å²) < 4.78 is 19.6. The predicted octanol–water partition coefficient (Wildman–Crippen LogP) is 5.80. The first-order valence-electron chi connectivity index (χ1n) is 9.06. The molecule has 0 unspecified atom stereocenters. The van der Waals surface area contributed by atoms with Gasteiger partial charge in [-0.1, -0.05) is 38.0 Å². The SMILES string of the molecule is CCCCCc1ccc(C(=O)Oc2ccc3c(F)c(C#N)ccc3c2)cc1. The fourth-order valence-corrected chi connectivity index (χ4v) is 2.97. The Morgan fingerprint density at radius 3 is 2.56 bits per heavy atom. The Morgan fingerprint density at radius 2 is 1.85 bits per heavy atom. The van der Waals surface area contributed by atoms with Gasteiger partial charge in [0.1, 0.15) is 17.6 Å². The Balaban J connectivity index is 1.73. The Kier molecular flexibility index (Phi) is 5.83. The topological polar surface area (TPSA) is 50.1 Å². The van der Waals surface area contributed by atoms with Crippen LogP contribution in [0.15, 0.2) is 54.6 Å². The molecule has 0 aliphatic rings. The van der Waals surface area contributed by atoms with Crippen LogP contribution in [0.4, 0.5) is 4.39 Å². The van der Waals surface area contributed by atoms with Gasteiger partial charge in [-0.05, 0) is 60.2 Å². The highest BCUT2D eigenvalue weighted by molar-refractivity contribution is 5.92. The van der Waals surface area contributed by atoms with E-state index in [1.165, 1.54) is 36.6 Å². The summed E-state index contributed by atoms with van der Waals surface area (Å²) >= 11 is 0. The number of hydrogen-bond donors (Lipinski definition) is 0. The summed E-state index contributed by atoms with van der Waals surface area (Å²) in [5.41, 5.74) is 1.67. The van der Waals surface area contributed by atoms with Gasteiger partial charge in [-0.3, -0.25) is 0 Å². The zero-order chi connectivity index (χ0) is 19.2. The van der Waals surface area contributed by atoms with Gasteiger partial charge < -0.3 is 4.74 Å². The molecule has 4 heteroatoms. The van der Waals surface area contributed by atoms with Crippen LogP contribution in [-0.4, -0.2) is 5.97 Å². The van der Waals surface area contributed by atoms with Crippen molar-refractivity contribution < 1.29 is 13.9 Å². The van der Waals surface area contributed by atoms with E-state index in [1.807, 2.05) is 18.2 Å². The second kappa shape index (κ2) is 8.46. The van der Waals surface area contributed by atoms with Gasteiger partial charge >= 0.3 is 5.97 Å². The van der Waals surface area contributed by atoms with Crippen LogP contribution in [-0.2, 0) is 6.42 Å². The molecule has 0 N–H and O–H groups in total. The summed E-state index contributed by atoms with van der Waals surface area (Å²) in [6, 6.07) is 16.9. The molecule has 0 saturated heterocycles. The quantitative estimate of drug-likeness (QED) is 0.317. The van der Waals surface area contributed by atoms with E-state index in [-0.39, 0.29) is 5.56 Å². The van der Waals surface area contributed by atoms with Crippen molar-refractivity contribution >= 4 is 16.7 Å². The van der Waals surface area contributed by atoms with Gasteiger partial charge in [0, 0.05) is 5.39 Å². The molecule has 3 rings (SSSR count). The minimum absolute atomic E-state index is 0.00808. The second-order valence-corrected chi connectivity index (χ2v) is 6.47. The van der Waals surface area contributed by atoms with Crippen LogP contribution < -0.4 is 4.74 Å². The first-order valence-corrected chi connectivity index (χ1v) is 9.06. The number of ether oxygens (including phenoxy) is 1. The van der Waals surface area contributed by atoms with Gasteiger partial charge in [0.05, 0.1) is 11.1 Å². The van der Waals surface area contributed by atoms with E-state index in [2.05, 4.69) is 6.92 Å². The number of halogens is 1. The molecule has 0 spiro atoms. The van der Waals surface area contributed by atoms with Crippen molar-refractivity contribution in [3.63, 3.8) is 0 Å². The average molecular weight is 361 g/mol. The third kappa shape index (κ3) is 4.32. The van der Waals surface area contributed by atoms with E-state index < -0.39 is 11.8 Å². The molecule has 27 heavy (non-hydrogen) atoms. The lowest BCUT2D eigenvalue weighted by molar-refractivity contribution is 0.0735. The maximum absolute atomic E-state index is 14.1. The van der Waals surface area contributed by atoms with E-state index in [1.54, 1.807) is 24.3 Å². The monoisotopic (exact) mass is 361 g/mol. The zero-order valence-corrected chi connectivity index (χ0v) is 15.2. The van der Waals surface area contributed by atoms with Crippen molar-refractivity contribution in [3.05, 3.63) is 77.1 Å². The molecule has 3 aromatic carbocycles. The number of aryl methyl sites for hydroxylation is 1. The van der Waals surface area contributed by atoms with Crippen LogP contribution in [0, 0.1) is 17.1 Å². The smallest absolute Gasteiger partial charge is 0.343 e. The molecular weight excluding hydrogens is 341 g/mol. The molecule has 0 aromatic heterocycles. The summed E-state index contributed by atoms with van der Waals surface area (Å²) in [5.74, 6) is -0.682. The number of hydrogen-bond acceptors (Lipinski definition) is 3. The van der Waals surface area contributed by atoms with Crippen molar-refractivity contribution in [3.8, 4) is 11.8 Å². The normalized spacial score (nSPS) is 10.6. The summed E-state index contributed by atoms with van der Waals surface area (Å²) in [6.45, 7) is 2.17. The fraction of sp³-hybridized carbons (Fsp3) is 0.217. The number of rotatable bonds is 6. The molecule has 0 radical (unpaired) electrons. The summed E-state index contributed by atoms with van der Waals surface area (Å²) in [5, 5.41) is 9.79. The van der Waals surface area contributed by atoms with E-state index in [0.717, 1.165) is 12.8 Å². The van der Waals surface area contributed by atoms with Crippen molar-refractivity contribution in [2.45, 2.75) is 32.6 Å². The van der Waals surface area contributed by atoms with Crippen LogP contribution in [0.3, 0.4) is 0 Å². The molecule has 3 aromatic rings. The number of nitriles is 1. The number of esters is 1. The Hall–Kier alpha value is -3.19. The Bertz CT molecular complexity index is 1000. The highest BCUT2D eigenvalue weighted by Gasteiger charge is 2.11. The second-order valence-electron chi connectivity index (χ2n) is 6.47. The fourth-order valence-electron chi connectivity index (χ4n) is 2.97. The highest BCUT2D eigenvalue weighted by atomic mass is 19.1. The van der Waals surface area contributed by atoms with Crippen molar-refractivity contribution in [2.75, 3.05) is 0 Å². The molecule has 136 valence electrons. The largest absolute Gasteiger partial charge is 0.423 e. The number of carbonyl (C=O) groups excluding carboxylic acids is 1. The maximum atomic E-state index is 14.1. The molecule has 0 aliphatic heterocycles. The van der Waals surface area contributed by atoms with Gasteiger partial charge in [-0.25, -0.2) is 9.18 Å². The molecular formula is C23H20FNO2. The lowest BCUT2D eigenvalue weighted by Gasteiger charge is -2.07. The number of unbranched alkanes of at least 4 members (excludes halogenated alkanes) is 2. The average Bonchev–Trinajstić information content (AvgIpc) is 2.69. The molecule has 0 aliphatic carbocycles. The molecule has 0 heterocycles. The lowest BCUT2D eigenvalue weighted by Crippen LogP contribution is -2.08. The van der Waals surface area contributed by atoms with E-state index in [0.29, 0.717) is 22.1 Å². The summed E-state index contributed by atoms with van der Waals surface area (Å²) in [7, 11) is 0. The van der Waals surface area contributed by atoms with E-state index in [4.69, 9.17) is 10.00 Å². The van der Waals surface area contributed by atoms with Crippen LogP contribution in [0.5, 0.6) is 5.75 Å². The maximum Gasteiger partial charge on any atom is 0.343 e. The molecule has 0 amide bonds. The minimum atomic E-state index is -0.563. The van der Waals surface area contributed by atoms with Gasteiger partial charge in [-0.2, -0.15) is 5.26 Å². The third-order valence-electron chi connectivity index (χ3n) is 4.52. The first-order chi connectivity index (χ1) is 13.1. The van der Waals surface area contributed by atoms with E-state index >= 15 is 0 Å². The van der Waals surface area contributed by atoms with Crippen molar-refractivity contribution in [1.29, 1.82) is 5.26 Å². The molecule has 0 bridgehead atoms. The number of nitrogens with zero attached hydrogens (tertiary/aromatic N) is 1. The molecule has 0 atom stereocenters. The molecule has 0 fully saturated rings. The van der Waals surface area contributed by atoms with Crippen LogP contribution >= 0.6 is 0 Å². The van der Waals surface area contributed by atoms with Gasteiger partial charge in [0.2, 0.25) is 0 Å².